The van der Waals surface area contributed by atoms with Crippen molar-refractivity contribution >= 4 is 22.4 Å². The summed E-state index contributed by atoms with van der Waals surface area (Å²) in [6.07, 6.45) is -1.09. The molecule has 1 aromatic carbocycles. The molecular formula is C18H30N2O7S. The molecule has 0 aliphatic rings. The van der Waals surface area contributed by atoms with Gasteiger partial charge in [0.05, 0.1) is 20.1 Å². The van der Waals surface area contributed by atoms with Crippen LogP contribution in [-0.4, -0.2) is 58.7 Å². The van der Waals surface area contributed by atoms with E-state index in [0.717, 1.165) is 7.11 Å². The summed E-state index contributed by atoms with van der Waals surface area (Å²) >= 11 is 0. The number of hydrogen-bond acceptors (Lipinski definition) is 8. The van der Waals surface area contributed by atoms with Gasteiger partial charge in [-0.3, -0.25) is 4.79 Å². The smallest absolute Gasteiger partial charge is 0.423 e. The van der Waals surface area contributed by atoms with Crippen LogP contribution in [0.5, 0.6) is 5.75 Å². The molecule has 1 aromatic rings. The first-order chi connectivity index (χ1) is 13.2. The van der Waals surface area contributed by atoms with Crippen molar-refractivity contribution in [1.82, 2.24) is 9.62 Å². The van der Waals surface area contributed by atoms with Gasteiger partial charge >= 0.3 is 22.4 Å². The van der Waals surface area contributed by atoms with Crippen LogP contribution in [-0.2, 0) is 31.0 Å². The molecule has 1 amide bonds. The van der Waals surface area contributed by atoms with Crippen molar-refractivity contribution < 1.29 is 31.7 Å². The van der Waals surface area contributed by atoms with E-state index < -0.39 is 16.4 Å². The maximum absolute atomic E-state index is 11.4. The average Bonchev–Trinajstić information content (AvgIpc) is 2.65. The summed E-state index contributed by atoms with van der Waals surface area (Å²) in [4.78, 5) is 24.5. The minimum absolute atomic E-state index is 0.0148. The highest BCUT2D eigenvalue weighted by molar-refractivity contribution is 7.85. The second-order valence-corrected chi connectivity index (χ2v) is 6.66. The predicted molar refractivity (Wildman–Crippen MR) is 105 cm³/mol. The summed E-state index contributed by atoms with van der Waals surface area (Å²) in [6, 6.07) is 5.73. The molecule has 0 atom stereocenters. The van der Waals surface area contributed by atoms with E-state index >= 15 is 0 Å². The number of esters is 1. The van der Waals surface area contributed by atoms with E-state index in [2.05, 4.69) is 34.6 Å². The van der Waals surface area contributed by atoms with E-state index in [4.69, 9.17) is 4.74 Å². The highest BCUT2D eigenvalue weighted by Crippen LogP contribution is 2.14. The van der Waals surface area contributed by atoms with Gasteiger partial charge in [-0.2, -0.15) is 13.1 Å². The Morgan fingerprint density at radius 1 is 1.00 bits per heavy atom. The Hall–Kier alpha value is -2.33. The molecule has 160 valence electrons. The molecule has 0 spiro atoms. The van der Waals surface area contributed by atoms with Crippen LogP contribution in [0.1, 0.15) is 33.3 Å². The number of amides is 1. The van der Waals surface area contributed by atoms with Crippen LogP contribution in [0.25, 0.3) is 0 Å². The number of carbonyl (C=O) groups excluding carboxylic acids is 2. The number of nitrogens with one attached hydrogen (secondary N) is 1. The molecule has 0 heterocycles. The summed E-state index contributed by atoms with van der Waals surface area (Å²) in [6.45, 7) is 12.1. The maximum atomic E-state index is 11.4. The quantitative estimate of drug-likeness (QED) is 0.607. The first-order valence-electron chi connectivity index (χ1n) is 8.98. The topological polar surface area (TPSA) is 111 Å². The van der Waals surface area contributed by atoms with E-state index in [1.54, 1.807) is 6.92 Å². The van der Waals surface area contributed by atoms with Gasteiger partial charge in [-0.15, -0.1) is 0 Å². The molecule has 1 N–H and O–H groups in total. The molecule has 10 heteroatoms. The monoisotopic (exact) mass is 418 g/mol. The standard InChI is InChI=1S/C12H15NO7S.C6H15N/c1-3-19-11(14)8-9-4-6-10(7-5-9)20-21(16,17)13-12(15)18-2;1-4-7(5-2)6-3/h4-7H,3,8H2,1-2H3,(H,13,15);4-6H2,1-3H3. The summed E-state index contributed by atoms with van der Waals surface area (Å²) in [7, 11) is -3.28. The second-order valence-electron chi connectivity index (χ2n) is 5.38. The van der Waals surface area contributed by atoms with Gasteiger partial charge < -0.3 is 18.6 Å². The second kappa shape index (κ2) is 13.8. The van der Waals surface area contributed by atoms with Crippen LogP contribution in [0, 0.1) is 0 Å². The number of carbonyl (C=O) groups is 2. The molecule has 0 radical (unpaired) electrons. The molecule has 0 aliphatic heterocycles. The lowest BCUT2D eigenvalue weighted by molar-refractivity contribution is -0.142. The molecular weight excluding hydrogens is 388 g/mol. The SMILES string of the molecule is CCN(CC)CC.CCOC(=O)Cc1ccc(OS(=O)(=O)NC(=O)OC)cc1. The molecule has 1 rings (SSSR count). The largest absolute Gasteiger partial charge is 0.466 e. The normalized spacial score (nSPS) is 10.5. The van der Waals surface area contributed by atoms with Gasteiger partial charge in [0.25, 0.3) is 0 Å². The fraction of sp³-hybridized carbons (Fsp3) is 0.556. The first kappa shape index (κ1) is 25.7. The molecule has 0 fully saturated rings. The fourth-order valence-electron chi connectivity index (χ4n) is 2.00. The van der Waals surface area contributed by atoms with Crippen LogP contribution in [0.15, 0.2) is 24.3 Å². The number of hydrogen-bond donors (Lipinski definition) is 1. The van der Waals surface area contributed by atoms with Crippen molar-refractivity contribution in [2.75, 3.05) is 33.4 Å². The Labute approximate surface area is 167 Å². The average molecular weight is 419 g/mol. The van der Waals surface area contributed by atoms with Gasteiger partial charge in [-0.1, -0.05) is 32.9 Å². The number of rotatable bonds is 9. The van der Waals surface area contributed by atoms with E-state index in [0.29, 0.717) is 5.56 Å². The summed E-state index contributed by atoms with van der Waals surface area (Å²) in [5.41, 5.74) is 0.638. The third-order valence-electron chi connectivity index (χ3n) is 3.52. The molecule has 0 bridgehead atoms. The summed E-state index contributed by atoms with van der Waals surface area (Å²) < 4.78 is 37.9. The Balaban J connectivity index is 0.000000887. The van der Waals surface area contributed by atoms with E-state index in [-0.39, 0.29) is 24.7 Å². The number of ether oxygens (including phenoxy) is 2. The van der Waals surface area contributed by atoms with E-state index in [1.165, 1.54) is 48.6 Å². The van der Waals surface area contributed by atoms with Gasteiger partial charge in [0.1, 0.15) is 5.75 Å². The lowest BCUT2D eigenvalue weighted by atomic mass is 10.1. The Morgan fingerprint density at radius 2 is 1.54 bits per heavy atom. The van der Waals surface area contributed by atoms with E-state index in [9.17, 15) is 18.0 Å². The molecule has 0 aromatic heterocycles. The van der Waals surface area contributed by atoms with Crippen molar-refractivity contribution in [3.8, 4) is 5.75 Å². The zero-order valence-electron chi connectivity index (χ0n) is 17.1. The van der Waals surface area contributed by atoms with Crippen LogP contribution in [0.4, 0.5) is 4.79 Å². The molecule has 28 heavy (non-hydrogen) atoms. The van der Waals surface area contributed by atoms with Gasteiger partial charge in [-0.25, -0.2) is 4.79 Å². The van der Waals surface area contributed by atoms with Crippen LogP contribution < -0.4 is 8.91 Å². The van der Waals surface area contributed by atoms with Crippen LogP contribution >= 0.6 is 0 Å². The van der Waals surface area contributed by atoms with Gasteiger partial charge in [0, 0.05) is 0 Å². The highest BCUT2D eigenvalue weighted by atomic mass is 32.2. The van der Waals surface area contributed by atoms with Gasteiger partial charge in [0.2, 0.25) is 0 Å². The summed E-state index contributed by atoms with van der Waals surface area (Å²) in [5, 5.41) is 0. The number of benzene rings is 1. The van der Waals surface area contributed by atoms with E-state index in [1.807, 2.05) is 0 Å². The zero-order valence-corrected chi connectivity index (χ0v) is 17.9. The van der Waals surface area contributed by atoms with Crippen molar-refractivity contribution in [3.63, 3.8) is 0 Å². The van der Waals surface area contributed by atoms with Crippen LogP contribution in [0.2, 0.25) is 0 Å². The predicted octanol–water partition coefficient (Wildman–Crippen LogP) is 2.12. The fourth-order valence-corrected chi connectivity index (χ4v) is 2.70. The molecule has 9 nitrogen and oxygen atoms in total. The van der Waals surface area contributed by atoms with Gasteiger partial charge in [0.15, 0.2) is 0 Å². The Kier molecular flexibility index (Phi) is 12.6. The third kappa shape index (κ3) is 11.4. The van der Waals surface area contributed by atoms with Crippen molar-refractivity contribution in [3.05, 3.63) is 29.8 Å². The third-order valence-corrected chi connectivity index (χ3v) is 4.35. The van der Waals surface area contributed by atoms with Gasteiger partial charge in [-0.05, 0) is 44.3 Å². The molecule has 0 aliphatic carbocycles. The van der Waals surface area contributed by atoms with Crippen molar-refractivity contribution in [2.24, 2.45) is 0 Å². The minimum Gasteiger partial charge on any atom is -0.466 e. The minimum atomic E-state index is -4.31. The molecule has 0 saturated carbocycles. The maximum Gasteiger partial charge on any atom is 0.423 e. The molecule has 0 saturated heterocycles. The lowest BCUT2D eigenvalue weighted by Crippen LogP contribution is -2.33. The first-order valence-corrected chi connectivity index (χ1v) is 10.4. The van der Waals surface area contributed by atoms with Crippen LogP contribution in [0.3, 0.4) is 0 Å². The summed E-state index contributed by atoms with van der Waals surface area (Å²) in [5.74, 6) is -0.398. The Morgan fingerprint density at radius 3 is 1.93 bits per heavy atom. The number of nitrogens with zero attached hydrogens (tertiary/aromatic N) is 1. The lowest BCUT2D eigenvalue weighted by Gasteiger charge is -2.13. The van der Waals surface area contributed by atoms with Crippen molar-refractivity contribution in [2.45, 2.75) is 34.1 Å². The zero-order chi connectivity index (χ0) is 21.6. The molecule has 0 unspecified atom stereocenters. The highest BCUT2D eigenvalue weighted by Gasteiger charge is 2.17. The Bertz CT molecular complexity index is 681. The van der Waals surface area contributed by atoms with Crippen molar-refractivity contribution in [1.29, 1.82) is 0 Å². The number of methoxy groups -OCH3 is 1.